The molecule has 0 bridgehead atoms. The van der Waals surface area contributed by atoms with Crippen LogP contribution in [0.25, 0.3) is 0 Å². The Balaban J connectivity index is 2.09. The van der Waals surface area contributed by atoms with E-state index < -0.39 is 0 Å². The summed E-state index contributed by atoms with van der Waals surface area (Å²) in [5.41, 5.74) is 0.191. The number of rotatable bonds is 8. The van der Waals surface area contributed by atoms with Gasteiger partial charge in [-0.05, 0) is 6.42 Å². The molecule has 0 N–H and O–H groups in total. The Bertz CT molecular complexity index is 256. The molecule has 1 rings (SSSR count). The van der Waals surface area contributed by atoms with Crippen molar-refractivity contribution < 1.29 is 9.31 Å². The summed E-state index contributed by atoms with van der Waals surface area (Å²) in [6, 6.07) is 0. The van der Waals surface area contributed by atoms with E-state index >= 15 is 0 Å². The molecule has 0 saturated heterocycles. The molecule has 0 aromatic rings. The zero-order valence-corrected chi connectivity index (χ0v) is 12.2. The molecule has 2 heteroatoms. The fourth-order valence-corrected chi connectivity index (χ4v) is 2.26. The topological polar surface area (TPSA) is 12.2 Å². The predicted molar refractivity (Wildman–Crippen MR) is 73.8 cm³/mol. The van der Waals surface area contributed by atoms with Gasteiger partial charge >= 0.3 is 5.90 Å². The maximum absolute atomic E-state index is 5.77. The van der Waals surface area contributed by atoms with Crippen LogP contribution in [0.15, 0.2) is 0 Å². The Labute approximate surface area is 107 Å². The van der Waals surface area contributed by atoms with Gasteiger partial charge in [-0.3, -0.25) is 0 Å². The minimum Gasteiger partial charge on any atom is -0.441 e. The Morgan fingerprint density at radius 1 is 1.06 bits per heavy atom. The van der Waals surface area contributed by atoms with E-state index in [1.807, 2.05) is 0 Å². The van der Waals surface area contributed by atoms with E-state index in [1.165, 1.54) is 50.8 Å². The lowest BCUT2D eigenvalue weighted by Crippen LogP contribution is -2.33. The summed E-state index contributed by atoms with van der Waals surface area (Å²) in [7, 11) is 2.16. The molecular formula is C15H30NO+. The third-order valence-corrected chi connectivity index (χ3v) is 3.87. The predicted octanol–water partition coefficient (Wildman–Crippen LogP) is 3.98. The third kappa shape index (κ3) is 4.69. The van der Waals surface area contributed by atoms with Crippen molar-refractivity contribution in [3.8, 4) is 0 Å². The molecule has 0 radical (unpaired) electrons. The number of hydrogen-bond acceptors (Lipinski definition) is 1. The lowest BCUT2D eigenvalue weighted by molar-refractivity contribution is -0.563. The Morgan fingerprint density at radius 2 is 1.65 bits per heavy atom. The zero-order chi connectivity index (χ0) is 12.7. The van der Waals surface area contributed by atoms with Crippen molar-refractivity contribution in [2.75, 3.05) is 13.7 Å². The highest BCUT2D eigenvalue weighted by atomic mass is 16.5. The molecule has 100 valence electrons. The van der Waals surface area contributed by atoms with Gasteiger partial charge in [0.25, 0.3) is 0 Å². The van der Waals surface area contributed by atoms with Crippen LogP contribution in [0.1, 0.15) is 72.1 Å². The highest BCUT2D eigenvalue weighted by molar-refractivity contribution is 5.72. The number of unbranched alkanes of at least 4 members (excludes halogenated alkanes) is 6. The van der Waals surface area contributed by atoms with Crippen LogP contribution in [0.3, 0.4) is 0 Å². The van der Waals surface area contributed by atoms with Gasteiger partial charge in [-0.1, -0.05) is 45.4 Å². The summed E-state index contributed by atoms with van der Waals surface area (Å²) in [6.07, 6.45) is 10.7. The molecule has 0 amide bonds. The van der Waals surface area contributed by atoms with E-state index in [1.54, 1.807) is 0 Å². The number of ether oxygens (including phenoxy) is 1. The molecule has 0 saturated carbocycles. The fourth-order valence-electron chi connectivity index (χ4n) is 2.26. The van der Waals surface area contributed by atoms with Gasteiger partial charge in [-0.15, -0.1) is 0 Å². The van der Waals surface area contributed by atoms with Gasteiger partial charge in [-0.25, -0.2) is 0 Å². The van der Waals surface area contributed by atoms with Crippen LogP contribution in [0, 0.1) is 0 Å². The average molecular weight is 240 g/mol. The highest BCUT2D eigenvalue weighted by Gasteiger charge is 2.38. The summed E-state index contributed by atoms with van der Waals surface area (Å²) in [5.74, 6) is 1.20. The second kappa shape index (κ2) is 7.03. The first-order chi connectivity index (χ1) is 8.08. The van der Waals surface area contributed by atoms with E-state index in [9.17, 15) is 0 Å². The van der Waals surface area contributed by atoms with Crippen molar-refractivity contribution >= 4 is 5.90 Å². The smallest absolute Gasteiger partial charge is 0.336 e. The van der Waals surface area contributed by atoms with E-state index in [0.29, 0.717) is 0 Å². The van der Waals surface area contributed by atoms with Crippen LogP contribution in [0.4, 0.5) is 0 Å². The minimum absolute atomic E-state index is 0.191. The third-order valence-electron chi connectivity index (χ3n) is 3.87. The zero-order valence-electron chi connectivity index (χ0n) is 12.2. The molecule has 0 spiro atoms. The molecule has 0 atom stereocenters. The fraction of sp³-hybridized carbons (Fsp3) is 0.933. The van der Waals surface area contributed by atoms with Gasteiger partial charge < -0.3 is 4.74 Å². The Kier molecular flexibility index (Phi) is 6.01. The summed E-state index contributed by atoms with van der Waals surface area (Å²) >= 11 is 0. The van der Waals surface area contributed by atoms with Crippen LogP contribution in [0.2, 0.25) is 0 Å². The van der Waals surface area contributed by atoms with Crippen molar-refractivity contribution in [2.24, 2.45) is 0 Å². The molecule has 17 heavy (non-hydrogen) atoms. The summed E-state index contributed by atoms with van der Waals surface area (Å²) in [6.45, 7) is 7.59. The monoisotopic (exact) mass is 240 g/mol. The van der Waals surface area contributed by atoms with Gasteiger partial charge in [0.05, 0.1) is 6.42 Å². The first kappa shape index (κ1) is 14.5. The molecule has 0 aromatic carbocycles. The Morgan fingerprint density at radius 3 is 2.18 bits per heavy atom. The molecule has 0 aliphatic carbocycles. The van der Waals surface area contributed by atoms with Gasteiger partial charge in [0, 0.05) is 13.8 Å². The molecule has 1 aliphatic heterocycles. The first-order valence-corrected chi connectivity index (χ1v) is 7.30. The second-order valence-electron chi connectivity index (χ2n) is 5.93. The largest absolute Gasteiger partial charge is 0.441 e. The number of hydrogen-bond donors (Lipinski definition) is 0. The SMILES string of the molecule is CCCCCCCCCC1=[N+](C)C(C)(C)CO1. The standard InChI is InChI=1S/C15H30NO/c1-5-6-7-8-9-10-11-12-14-16(4)15(2,3)13-17-14/h5-13H2,1-4H3/q+1. The second-order valence-corrected chi connectivity index (χ2v) is 5.93. The van der Waals surface area contributed by atoms with Crippen molar-refractivity contribution in [3.05, 3.63) is 0 Å². The van der Waals surface area contributed by atoms with Crippen LogP contribution >= 0.6 is 0 Å². The van der Waals surface area contributed by atoms with Crippen LogP contribution < -0.4 is 0 Å². The van der Waals surface area contributed by atoms with Crippen molar-refractivity contribution in [3.63, 3.8) is 0 Å². The minimum atomic E-state index is 0.191. The van der Waals surface area contributed by atoms with Crippen molar-refractivity contribution in [2.45, 2.75) is 77.7 Å². The average Bonchev–Trinajstić information content (AvgIpc) is 2.54. The summed E-state index contributed by atoms with van der Waals surface area (Å²) < 4.78 is 8.08. The maximum atomic E-state index is 5.77. The molecule has 2 nitrogen and oxygen atoms in total. The van der Waals surface area contributed by atoms with Crippen molar-refractivity contribution in [1.29, 1.82) is 0 Å². The highest BCUT2D eigenvalue weighted by Crippen LogP contribution is 2.18. The van der Waals surface area contributed by atoms with E-state index in [0.717, 1.165) is 13.0 Å². The van der Waals surface area contributed by atoms with E-state index in [-0.39, 0.29) is 5.54 Å². The number of likely N-dealkylation sites (N-methyl/N-ethyl adjacent to an activating group) is 1. The maximum Gasteiger partial charge on any atom is 0.336 e. The summed E-state index contributed by atoms with van der Waals surface area (Å²) in [5, 5.41) is 0. The summed E-state index contributed by atoms with van der Waals surface area (Å²) in [4.78, 5) is 0. The molecule has 0 aromatic heterocycles. The van der Waals surface area contributed by atoms with E-state index in [4.69, 9.17) is 4.74 Å². The first-order valence-electron chi connectivity index (χ1n) is 7.30. The van der Waals surface area contributed by atoms with Crippen LogP contribution in [-0.4, -0.2) is 29.7 Å². The number of nitrogens with zero attached hydrogens (tertiary/aromatic N) is 1. The molecule has 0 unspecified atom stereocenters. The van der Waals surface area contributed by atoms with Crippen molar-refractivity contribution in [1.82, 2.24) is 0 Å². The van der Waals surface area contributed by atoms with Gasteiger partial charge in [0.1, 0.15) is 7.05 Å². The quantitative estimate of drug-likeness (QED) is 0.462. The molecule has 0 fully saturated rings. The lowest BCUT2D eigenvalue weighted by atomic mass is 10.1. The normalized spacial score (nSPS) is 18.6. The van der Waals surface area contributed by atoms with E-state index in [2.05, 4.69) is 32.4 Å². The lowest BCUT2D eigenvalue weighted by Gasteiger charge is -2.09. The molecule has 1 aliphatic rings. The molecular weight excluding hydrogens is 210 g/mol. The van der Waals surface area contributed by atoms with Crippen LogP contribution in [0.5, 0.6) is 0 Å². The van der Waals surface area contributed by atoms with Gasteiger partial charge in [-0.2, -0.15) is 4.58 Å². The Hall–Kier alpha value is -0.530. The molecule has 1 heterocycles. The van der Waals surface area contributed by atoms with Gasteiger partial charge in [0.15, 0.2) is 12.1 Å². The van der Waals surface area contributed by atoms with Gasteiger partial charge in [0.2, 0.25) is 0 Å². The van der Waals surface area contributed by atoms with Crippen LogP contribution in [-0.2, 0) is 4.74 Å².